The molecule has 0 spiro atoms. The highest BCUT2D eigenvalue weighted by molar-refractivity contribution is 7.89. The lowest BCUT2D eigenvalue weighted by Gasteiger charge is -2.10. The first-order valence-electron chi connectivity index (χ1n) is 6.65. The first kappa shape index (κ1) is 18.2. The Morgan fingerprint density at radius 3 is 2.09 bits per heavy atom. The SMILES string of the molecule is CC(C)CNS(=O)(=O)c1ccc(NC(C#N)=C(C#N)C#N)cc1. The lowest BCUT2D eigenvalue weighted by molar-refractivity contribution is 0.560. The van der Waals surface area contributed by atoms with E-state index in [2.05, 4.69) is 10.0 Å². The van der Waals surface area contributed by atoms with E-state index in [-0.39, 0.29) is 22.1 Å². The van der Waals surface area contributed by atoms with E-state index in [1.54, 1.807) is 18.2 Å². The van der Waals surface area contributed by atoms with Gasteiger partial charge in [-0.2, -0.15) is 15.8 Å². The summed E-state index contributed by atoms with van der Waals surface area (Å²) in [5.74, 6) is 0.185. The molecule has 0 aliphatic carbocycles. The average Bonchev–Trinajstić information content (AvgIpc) is 2.53. The number of sulfonamides is 1. The van der Waals surface area contributed by atoms with Crippen molar-refractivity contribution in [1.82, 2.24) is 4.72 Å². The molecule has 2 N–H and O–H groups in total. The third kappa shape index (κ3) is 5.12. The second kappa shape index (κ2) is 7.95. The maximum atomic E-state index is 12.0. The molecule has 0 aromatic heterocycles. The van der Waals surface area contributed by atoms with Crippen LogP contribution in [-0.2, 0) is 10.0 Å². The minimum Gasteiger partial charge on any atom is -0.345 e. The number of nitrogens with zero attached hydrogens (tertiary/aromatic N) is 3. The standard InChI is InChI=1S/C15H15N5O2S/c1-11(2)10-19-23(21,22)14-5-3-13(4-6-14)20-15(9-18)12(7-16)8-17/h3-6,11,19-20H,10H2,1-2H3. The summed E-state index contributed by atoms with van der Waals surface area (Å²) in [6.07, 6.45) is 0. The van der Waals surface area contributed by atoms with Crippen molar-refractivity contribution >= 4 is 15.7 Å². The summed E-state index contributed by atoms with van der Waals surface area (Å²) in [4.78, 5) is 0.0898. The van der Waals surface area contributed by atoms with Gasteiger partial charge in [-0.05, 0) is 30.2 Å². The maximum absolute atomic E-state index is 12.0. The Labute approximate surface area is 135 Å². The fourth-order valence-electron chi connectivity index (χ4n) is 1.50. The number of benzene rings is 1. The summed E-state index contributed by atoms with van der Waals surface area (Å²) in [5.41, 5.74) is -0.140. The lowest BCUT2D eigenvalue weighted by atomic mass is 10.2. The smallest absolute Gasteiger partial charge is 0.240 e. The Morgan fingerprint density at radius 1 is 1.09 bits per heavy atom. The molecule has 1 aromatic carbocycles. The van der Waals surface area contributed by atoms with Crippen molar-refractivity contribution in [2.45, 2.75) is 18.7 Å². The van der Waals surface area contributed by atoms with Crippen molar-refractivity contribution in [3.05, 3.63) is 35.5 Å². The number of nitriles is 3. The molecule has 0 amide bonds. The van der Waals surface area contributed by atoms with Crippen LogP contribution in [0.15, 0.2) is 40.4 Å². The van der Waals surface area contributed by atoms with Crippen LogP contribution in [0.3, 0.4) is 0 Å². The van der Waals surface area contributed by atoms with E-state index in [1.165, 1.54) is 24.3 Å². The van der Waals surface area contributed by atoms with Gasteiger partial charge in [0.15, 0.2) is 5.57 Å². The molecule has 0 radical (unpaired) electrons. The molecule has 1 rings (SSSR count). The molecule has 0 atom stereocenters. The van der Waals surface area contributed by atoms with Crippen LogP contribution in [0.1, 0.15) is 13.8 Å². The third-order valence-corrected chi connectivity index (χ3v) is 4.14. The average molecular weight is 329 g/mol. The Bertz CT molecular complexity index is 803. The van der Waals surface area contributed by atoms with Crippen molar-refractivity contribution in [3.8, 4) is 18.2 Å². The molecule has 0 saturated heterocycles. The second-order valence-corrected chi connectivity index (χ2v) is 6.75. The van der Waals surface area contributed by atoms with Crippen molar-refractivity contribution in [2.75, 3.05) is 11.9 Å². The van der Waals surface area contributed by atoms with Crippen LogP contribution in [0, 0.1) is 39.9 Å². The molecule has 1 aromatic rings. The number of hydrogen-bond donors (Lipinski definition) is 2. The minimum absolute atomic E-state index is 0.0898. The van der Waals surface area contributed by atoms with E-state index < -0.39 is 10.0 Å². The van der Waals surface area contributed by atoms with Crippen LogP contribution in [0.5, 0.6) is 0 Å². The zero-order valence-corrected chi connectivity index (χ0v) is 13.5. The highest BCUT2D eigenvalue weighted by atomic mass is 32.2. The number of allylic oxidation sites excluding steroid dienone is 2. The maximum Gasteiger partial charge on any atom is 0.240 e. The molecule has 0 aliphatic rings. The Kier molecular flexibility index (Phi) is 6.29. The predicted molar refractivity (Wildman–Crippen MR) is 84.0 cm³/mol. The first-order valence-corrected chi connectivity index (χ1v) is 8.13. The Hall–Kier alpha value is -2.86. The van der Waals surface area contributed by atoms with Gasteiger partial charge >= 0.3 is 0 Å². The zero-order chi connectivity index (χ0) is 17.5. The summed E-state index contributed by atoms with van der Waals surface area (Å²) in [5, 5.41) is 29.1. The summed E-state index contributed by atoms with van der Waals surface area (Å²) >= 11 is 0. The van der Waals surface area contributed by atoms with Gasteiger partial charge in [-0.1, -0.05) is 13.8 Å². The van der Waals surface area contributed by atoms with Crippen LogP contribution in [0.25, 0.3) is 0 Å². The van der Waals surface area contributed by atoms with Gasteiger partial charge in [0.05, 0.1) is 4.90 Å². The minimum atomic E-state index is -3.59. The van der Waals surface area contributed by atoms with Crippen LogP contribution >= 0.6 is 0 Å². The largest absolute Gasteiger partial charge is 0.345 e. The van der Waals surface area contributed by atoms with E-state index in [9.17, 15) is 8.42 Å². The molecule has 0 saturated carbocycles. The molecule has 118 valence electrons. The van der Waals surface area contributed by atoms with Crippen LogP contribution in [0.2, 0.25) is 0 Å². The van der Waals surface area contributed by atoms with Gasteiger partial charge in [0.1, 0.15) is 23.9 Å². The molecule has 7 nitrogen and oxygen atoms in total. The topological polar surface area (TPSA) is 130 Å². The van der Waals surface area contributed by atoms with Crippen LogP contribution in [0.4, 0.5) is 5.69 Å². The van der Waals surface area contributed by atoms with Crippen molar-refractivity contribution < 1.29 is 8.42 Å². The molecular weight excluding hydrogens is 314 g/mol. The zero-order valence-electron chi connectivity index (χ0n) is 12.7. The molecule has 0 fully saturated rings. The Morgan fingerprint density at radius 2 is 1.65 bits per heavy atom. The van der Waals surface area contributed by atoms with E-state index in [4.69, 9.17) is 15.8 Å². The summed E-state index contributed by atoms with van der Waals surface area (Å²) in [6, 6.07) is 10.6. The van der Waals surface area contributed by atoms with Gasteiger partial charge in [0.25, 0.3) is 0 Å². The fourth-order valence-corrected chi connectivity index (χ4v) is 2.72. The number of rotatable bonds is 6. The van der Waals surface area contributed by atoms with E-state index in [1.807, 2.05) is 13.8 Å². The number of anilines is 1. The number of nitrogens with one attached hydrogen (secondary N) is 2. The molecule has 0 unspecified atom stereocenters. The van der Waals surface area contributed by atoms with Crippen LogP contribution < -0.4 is 10.0 Å². The molecule has 0 bridgehead atoms. The van der Waals surface area contributed by atoms with Gasteiger partial charge in [0, 0.05) is 12.2 Å². The van der Waals surface area contributed by atoms with Gasteiger partial charge in [-0.25, -0.2) is 13.1 Å². The van der Waals surface area contributed by atoms with E-state index in [0.717, 1.165) is 0 Å². The molecule has 0 aliphatic heterocycles. The van der Waals surface area contributed by atoms with Crippen molar-refractivity contribution in [2.24, 2.45) is 5.92 Å². The fraction of sp³-hybridized carbons (Fsp3) is 0.267. The highest BCUT2D eigenvalue weighted by Gasteiger charge is 2.14. The summed E-state index contributed by atoms with van der Waals surface area (Å²) in [6.45, 7) is 4.12. The second-order valence-electron chi connectivity index (χ2n) is 4.98. The van der Waals surface area contributed by atoms with Gasteiger partial charge in [0.2, 0.25) is 10.0 Å². The van der Waals surface area contributed by atoms with Crippen molar-refractivity contribution in [3.63, 3.8) is 0 Å². The highest BCUT2D eigenvalue weighted by Crippen LogP contribution is 2.16. The lowest BCUT2D eigenvalue weighted by Crippen LogP contribution is -2.27. The number of hydrogen-bond acceptors (Lipinski definition) is 6. The van der Waals surface area contributed by atoms with E-state index >= 15 is 0 Å². The molecule has 23 heavy (non-hydrogen) atoms. The molecule has 0 heterocycles. The summed E-state index contributed by atoms with van der Waals surface area (Å²) in [7, 11) is -3.59. The van der Waals surface area contributed by atoms with E-state index in [0.29, 0.717) is 12.2 Å². The quantitative estimate of drug-likeness (QED) is 0.766. The Balaban J connectivity index is 2.99. The first-order chi connectivity index (χ1) is 10.8. The monoisotopic (exact) mass is 329 g/mol. The van der Waals surface area contributed by atoms with Gasteiger partial charge in [-0.3, -0.25) is 0 Å². The normalized spacial score (nSPS) is 10.3. The summed E-state index contributed by atoms with van der Waals surface area (Å²) < 4.78 is 26.6. The third-order valence-electron chi connectivity index (χ3n) is 2.70. The molecular formula is C15H15N5O2S. The van der Waals surface area contributed by atoms with Crippen molar-refractivity contribution in [1.29, 1.82) is 15.8 Å². The van der Waals surface area contributed by atoms with Gasteiger partial charge in [-0.15, -0.1) is 0 Å². The van der Waals surface area contributed by atoms with Crippen LogP contribution in [-0.4, -0.2) is 15.0 Å². The van der Waals surface area contributed by atoms with Gasteiger partial charge < -0.3 is 5.32 Å². The molecule has 8 heteroatoms. The predicted octanol–water partition coefficient (Wildman–Crippen LogP) is 1.86.